The third-order valence-corrected chi connectivity index (χ3v) is 3.52. The molecule has 3 aromatic rings. The van der Waals surface area contributed by atoms with Crippen molar-refractivity contribution in [1.82, 2.24) is 4.57 Å². The number of ketones is 1. The molecule has 1 heterocycles. The van der Waals surface area contributed by atoms with E-state index in [1.165, 1.54) is 0 Å². The molecule has 0 N–H and O–H groups in total. The summed E-state index contributed by atoms with van der Waals surface area (Å²) < 4.78 is 1.90. The first kappa shape index (κ1) is 13.1. The van der Waals surface area contributed by atoms with Gasteiger partial charge in [0, 0.05) is 23.5 Å². The van der Waals surface area contributed by atoms with Gasteiger partial charge >= 0.3 is 0 Å². The third-order valence-electron chi connectivity index (χ3n) is 3.52. The van der Waals surface area contributed by atoms with Crippen molar-refractivity contribution in [2.75, 3.05) is 0 Å². The van der Waals surface area contributed by atoms with Crippen molar-refractivity contribution < 1.29 is 4.79 Å². The first-order chi connectivity index (χ1) is 10.3. The van der Waals surface area contributed by atoms with Gasteiger partial charge < -0.3 is 4.57 Å². The number of hydrogen-bond donors (Lipinski definition) is 0. The van der Waals surface area contributed by atoms with Crippen molar-refractivity contribution in [3.8, 4) is 6.07 Å². The fourth-order valence-corrected chi connectivity index (χ4v) is 2.53. The van der Waals surface area contributed by atoms with Crippen LogP contribution in [0.3, 0.4) is 0 Å². The Morgan fingerprint density at radius 2 is 1.86 bits per heavy atom. The highest BCUT2D eigenvalue weighted by Crippen LogP contribution is 2.19. The Morgan fingerprint density at radius 3 is 2.62 bits per heavy atom. The molecular formula is C18H14N2O. The summed E-state index contributed by atoms with van der Waals surface area (Å²) in [6, 6.07) is 19.4. The largest absolute Gasteiger partial charge is 0.340 e. The number of aromatic nitrogens is 1. The highest BCUT2D eigenvalue weighted by molar-refractivity contribution is 5.88. The van der Waals surface area contributed by atoms with E-state index in [-0.39, 0.29) is 5.78 Å². The van der Waals surface area contributed by atoms with E-state index in [1.807, 2.05) is 59.3 Å². The molecule has 0 radical (unpaired) electrons. The minimum absolute atomic E-state index is 0.154. The minimum Gasteiger partial charge on any atom is -0.340 e. The molecule has 0 fully saturated rings. The van der Waals surface area contributed by atoms with E-state index in [0.717, 1.165) is 16.5 Å². The Balaban J connectivity index is 1.83. The van der Waals surface area contributed by atoms with E-state index in [1.54, 1.807) is 6.07 Å². The molecule has 0 aliphatic heterocycles. The van der Waals surface area contributed by atoms with Crippen LogP contribution in [0, 0.1) is 11.3 Å². The molecular weight excluding hydrogens is 260 g/mol. The molecule has 1 aromatic heterocycles. The van der Waals surface area contributed by atoms with Crippen molar-refractivity contribution in [1.29, 1.82) is 5.26 Å². The number of carbonyl (C=O) groups is 1. The van der Waals surface area contributed by atoms with Gasteiger partial charge in [0.1, 0.15) is 0 Å². The van der Waals surface area contributed by atoms with Crippen LogP contribution in [0.5, 0.6) is 0 Å². The number of rotatable bonds is 4. The third kappa shape index (κ3) is 2.70. The van der Waals surface area contributed by atoms with E-state index in [0.29, 0.717) is 18.5 Å². The molecule has 0 amide bonds. The fourth-order valence-electron chi connectivity index (χ4n) is 2.53. The molecule has 0 aliphatic rings. The van der Waals surface area contributed by atoms with E-state index < -0.39 is 0 Å². The van der Waals surface area contributed by atoms with Gasteiger partial charge in [-0.3, -0.25) is 4.79 Å². The first-order valence-corrected chi connectivity index (χ1v) is 6.81. The molecule has 3 heteroatoms. The zero-order chi connectivity index (χ0) is 14.7. The molecule has 102 valence electrons. The number of benzene rings is 2. The number of nitrogens with zero attached hydrogens (tertiary/aromatic N) is 2. The zero-order valence-corrected chi connectivity index (χ0v) is 11.5. The van der Waals surface area contributed by atoms with Gasteiger partial charge in [0.25, 0.3) is 0 Å². The Morgan fingerprint density at radius 1 is 1.05 bits per heavy atom. The lowest BCUT2D eigenvalue weighted by molar-refractivity contribution is -0.118. The number of Topliss-reactive ketones (excluding diaryl/α,β-unsaturated/α-hetero) is 1. The lowest BCUT2D eigenvalue weighted by Gasteiger charge is -2.05. The van der Waals surface area contributed by atoms with Gasteiger partial charge in [-0.25, -0.2) is 0 Å². The number of nitriles is 1. The monoisotopic (exact) mass is 274 g/mol. The Bertz CT molecular complexity index is 825. The number of hydrogen-bond acceptors (Lipinski definition) is 2. The molecule has 2 aromatic carbocycles. The Labute approximate surface area is 123 Å². The summed E-state index contributed by atoms with van der Waals surface area (Å²) in [6.45, 7) is 0.327. The fraction of sp³-hybridized carbons (Fsp3) is 0.111. The molecule has 3 rings (SSSR count). The van der Waals surface area contributed by atoms with Gasteiger partial charge in [-0.05, 0) is 23.8 Å². The van der Waals surface area contributed by atoms with Crippen LogP contribution in [-0.2, 0) is 17.8 Å². The van der Waals surface area contributed by atoms with Crippen LogP contribution in [0.15, 0.2) is 60.8 Å². The average Bonchev–Trinajstić information content (AvgIpc) is 2.91. The van der Waals surface area contributed by atoms with Crippen molar-refractivity contribution in [3.05, 3.63) is 71.9 Å². The van der Waals surface area contributed by atoms with Crippen LogP contribution in [0.1, 0.15) is 11.1 Å². The SMILES string of the molecule is N#Cc1cccc2c1ccn2CC(=O)Cc1ccccc1. The van der Waals surface area contributed by atoms with Crippen molar-refractivity contribution in [3.63, 3.8) is 0 Å². The second kappa shape index (κ2) is 5.64. The van der Waals surface area contributed by atoms with Crippen LogP contribution >= 0.6 is 0 Å². The predicted octanol–water partition coefficient (Wildman–Crippen LogP) is 3.32. The molecule has 21 heavy (non-hydrogen) atoms. The highest BCUT2D eigenvalue weighted by atomic mass is 16.1. The van der Waals surface area contributed by atoms with E-state index >= 15 is 0 Å². The van der Waals surface area contributed by atoms with Gasteiger partial charge in [-0.15, -0.1) is 0 Å². The summed E-state index contributed by atoms with van der Waals surface area (Å²) in [5.74, 6) is 0.154. The second-order valence-corrected chi connectivity index (χ2v) is 4.99. The van der Waals surface area contributed by atoms with Gasteiger partial charge in [-0.2, -0.15) is 5.26 Å². The maximum atomic E-state index is 12.2. The molecule has 0 atom stereocenters. The molecule has 0 saturated carbocycles. The van der Waals surface area contributed by atoms with Crippen LogP contribution in [-0.4, -0.2) is 10.4 Å². The van der Waals surface area contributed by atoms with Crippen LogP contribution in [0.4, 0.5) is 0 Å². The molecule has 0 spiro atoms. The van der Waals surface area contributed by atoms with Crippen molar-refractivity contribution >= 4 is 16.7 Å². The smallest absolute Gasteiger partial charge is 0.156 e. The van der Waals surface area contributed by atoms with Crippen LogP contribution < -0.4 is 0 Å². The summed E-state index contributed by atoms with van der Waals surface area (Å²) in [4.78, 5) is 12.2. The lowest BCUT2D eigenvalue weighted by Crippen LogP contribution is -2.11. The molecule has 0 saturated heterocycles. The highest BCUT2D eigenvalue weighted by Gasteiger charge is 2.09. The van der Waals surface area contributed by atoms with Gasteiger partial charge in [-0.1, -0.05) is 36.4 Å². The Kier molecular flexibility index (Phi) is 3.53. The van der Waals surface area contributed by atoms with Crippen molar-refractivity contribution in [2.24, 2.45) is 0 Å². The predicted molar refractivity (Wildman–Crippen MR) is 81.8 cm³/mol. The standard InChI is InChI=1S/C18H14N2O/c19-12-15-7-4-8-18-17(15)9-10-20(18)13-16(21)11-14-5-2-1-3-6-14/h1-10H,11,13H2. The maximum absolute atomic E-state index is 12.2. The minimum atomic E-state index is 0.154. The number of carbonyl (C=O) groups excluding carboxylic acids is 1. The quantitative estimate of drug-likeness (QED) is 0.732. The summed E-state index contributed by atoms with van der Waals surface area (Å²) >= 11 is 0. The van der Waals surface area contributed by atoms with Crippen LogP contribution in [0.25, 0.3) is 10.9 Å². The summed E-state index contributed by atoms with van der Waals surface area (Å²) in [7, 11) is 0. The van der Waals surface area contributed by atoms with E-state index in [4.69, 9.17) is 5.26 Å². The summed E-state index contributed by atoms with van der Waals surface area (Å²) in [5, 5.41) is 9.99. The topological polar surface area (TPSA) is 45.8 Å². The summed E-state index contributed by atoms with van der Waals surface area (Å²) in [6.07, 6.45) is 2.30. The van der Waals surface area contributed by atoms with E-state index in [2.05, 4.69) is 6.07 Å². The van der Waals surface area contributed by atoms with Gasteiger partial charge in [0.15, 0.2) is 5.78 Å². The molecule has 0 bridgehead atoms. The Hall–Kier alpha value is -2.86. The second-order valence-electron chi connectivity index (χ2n) is 4.99. The zero-order valence-electron chi connectivity index (χ0n) is 11.5. The maximum Gasteiger partial charge on any atom is 0.156 e. The van der Waals surface area contributed by atoms with Gasteiger partial charge in [0.2, 0.25) is 0 Å². The average molecular weight is 274 g/mol. The van der Waals surface area contributed by atoms with Gasteiger partial charge in [0.05, 0.1) is 18.2 Å². The summed E-state index contributed by atoms with van der Waals surface area (Å²) in [5.41, 5.74) is 2.59. The first-order valence-electron chi connectivity index (χ1n) is 6.81. The normalized spacial score (nSPS) is 10.4. The number of fused-ring (bicyclic) bond motifs is 1. The lowest BCUT2D eigenvalue weighted by atomic mass is 10.1. The molecule has 0 unspecified atom stereocenters. The molecule has 3 nitrogen and oxygen atoms in total. The van der Waals surface area contributed by atoms with E-state index in [9.17, 15) is 4.79 Å². The van der Waals surface area contributed by atoms with Crippen molar-refractivity contribution in [2.45, 2.75) is 13.0 Å². The molecule has 0 aliphatic carbocycles. The van der Waals surface area contributed by atoms with Crippen LogP contribution in [0.2, 0.25) is 0 Å².